The molecule has 0 spiro atoms. The van der Waals surface area contributed by atoms with E-state index < -0.39 is 9.84 Å². The molecule has 4 heterocycles. The van der Waals surface area contributed by atoms with Gasteiger partial charge in [0.1, 0.15) is 24.0 Å². The van der Waals surface area contributed by atoms with Crippen molar-refractivity contribution in [2.75, 3.05) is 25.6 Å². The molecule has 0 aromatic carbocycles. The summed E-state index contributed by atoms with van der Waals surface area (Å²) in [7, 11) is -3.54. The highest BCUT2D eigenvalue weighted by Gasteiger charge is 2.31. The highest BCUT2D eigenvalue weighted by atomic mass is 35.5. The van der Waals surface area contributed by atoms with Crippen molar-refractivity contribution in [2.24, 2.45) is 0 Å². The van der Waals surface area contributed by atoms with E-state index in [4.69, 9.17) is 32.7 Å². The normalized spacial score (nSPS) is 15.5. The van der Waals surface area contributed by atoms with Gasteiger partial charge in [0.15, 0.2) is 26.6 Å². The van der Waals surface area contributed by atoms with Crippen LogP contribution in [0.1, 0.15) is 24.6 Å². The standard InChI is InChI=1S/C19H20Cl2N6O4S/c1-2-30-9-13-10-31-17-14(3-5-22-18(17)21)19-26-25-16(27(13)19)11-32(28,29)6-4-15-23-7-12(20)8-24-15/h3,5,7-8,13H,2,4,6,9-11H2,1H3/t13-/m0/s1. The van der Waals surface area contributed by atoms with Crippen molar-refractivity contribution in [3.05, 3.63) is 46.5 Å². The predicted molar refractivity (Wildman–Crippen MR) is 118 cm³/mol. The summed E-state index contributed by atoms with van der Waals surface area (Å²) in [6.07, 6.45) is 4.57. The number of fused-ring (bicyclic) bond motifs is 3. The van der Waals surface area contributed by atoms with Crippen LogP contribution in [0.15, 0.2) is 24.7 Å². The lowest BCUT2D eigenvalue weighted by Crippen LogP contribution is -2.25. The fourth-order valence-electron chi connectivity index (χ4n) is 3.34. The predicted octanol–water partition coefficient (Wildman–Crippen LogP) is 2.56. The Balaban J connectivity index is 1.63. The van der Waals surface area contributed by atoms with E-state index in [1.807, 2.05) is 6.92 Å². The van der Waals surface area contributed by atoms with Gasteiger partial charge in [0.25, 0.3) is 0 Å². The van der Waals surface area contributed by atoms with Gasteiger partial charge in [-0.1, -0.05) is 23.2 Å². The van der Waals surface area contributed by atoms with Gasteiger partial charge in [-0.25, -0.2) is 23.4 Å². The quantitative estimate of drug-likeness (QED) is 0.431. The van der Waals surface area contributed by atoms with E-state index >= 15 is 0 Å². The number of rotatable bonds is 8. The monoisotopic (exact) mass is 498 g/mol. The Kier molecular flexibility index (Phi) is 6.89. The molecule has 3 aromatic heterocycles. The molecule has 0 saturated heterocycles. The second-order valence-corrected chi connectivity index (χ2v) is 10.1. The van der Waals surface area contributed by atoms with Gasteiger partial charge in [-0.2, -0.15) is 0 Å². The van der Waals surface area contributed by atoms with Crippen LogP contribution in [0.4, 0.5) is 0 Å². The van der Waals surface area contributed by atoms with Gasteiger partial charge in [-0.3, -0.25) is 0 Å². The second-order valence-electron chi connectivity index (χ2n) is 7.07. The molecule has 0 radical (unpaired) electrons. The fourth-order valence-corrected chi connectivity index (χ4v) is 4.88. The SMILES string of the molecule is CCOC[C@H]1COc2c(ccnc2Cl)-c2nnc(CS(=O)(=O)CCc3ncc(Cl)cn3)n21. The van der Waals surface area contributed by atoms with E-state index in [1.54, 1.807) is 10.6 Å². The fraction of sp³-hybridized carbons (Fsp3) is 0.421. The molecule has 1 aliphatic rings. The molecule has 0 N–H and O–H groups in total. The van der Waals surface area contributed by atoms with Crippen molar-refractivity contribution >= 4 is 33.0 Å². The first-order valence-electron chi connectivity index (χ1n) is 9.84. The summed E-state index contributed by atoms with van der Waals surface area (Å²) in [4.78, 5) is 12.2. The maximum absolute atomic E-state index is 12.9. The number of sulfone groups is 1. The van der Waals surface area contributed by atoms with Crippen LogP contribution in [0.5, 0.6) is 5.75 Å². The molecule has 13 heteroatoms. The zero-order chi connectivity index (χ0) is 22.7. The van der Waals surface area contributed by atoms with Crippen LogP contribution >= 0.6 is 23.2 Å². The second kappa shape index (κ2) is 9.65. The number of aromatic nitrogens is 6. The average Bonchev–Trinajstić information content (AvgIpc) is 3.08. The van der Waals surface area contributed by atoms with E-state index in [0.717, 1.165) is 0 Å². The molecule has 170 valence electrons. The number of aryl methyl sites for hydroxylation is 1. The highest BCUT2D eigenvalue weighted by Crippen LogP contribution is 2.38. The smallest absolute Gasteiger partial charge is 0.171 e. The average molecular weight is 499 g/mol. The lowest BCUT2D eigenvalue weighted by atomic mass is 10.2. The van der Waals surface area contributed by atoms with Crippen LogP contribution in [0.2, 0.25) is 10.2 Å². The van der Waals surface area contributed by atoms with Crippen molar-refractivity contribution in [3.8, 4) is 17.1 Å². The van der Waals surface area contributed by atoms with Gasteiger partial charge in [0.05, 0.1) is 29.0 Å². The number of hydrogen-bond donors (Lipinski definition) is 0. The number of hydrogen-bond acceptors (Lipinski definition) is 9. The van der Waals surface area contributed by atoms with E-state index in [2.05, 4.69) is 25.1 Å². The van der Waals surface area contributed by atoms with E-state index in [-0.39, 0.29) is 35.7 Å². The Morgan fingerprint density at radius 2 is 2.00 bits per heavy atom. The van der Waals surface area contributed by atoms with Crippen molar-refractivity contribution in [3.63, 3.8) is 0 Å². The van der Waals surface area contributed by atoms with Crippen LogP contribution in [-0.4, -0.2) is 63.7 Å². The third-order valence-corrected chi connectivity index (χ3v) is 6.82. The number of halogens is 2. The van der Waals surface area contributed by atoms with Crippen LogP contribution in [-0.2, 0) is 26.7 Å². The molecule has 0 unspecified atom stereocenters. The number of ether oxygens (including phenoxy) is 2. The minimum atomic E-state index is -3.54. The van der Waals surface area contributed by atoms with Gasteiger partial charge in [-0.15, -0.1) is 10.2 Å². The summed E-state index contributed by atoms with van der Waals surface area (Å²) in [5.74, 6) is 1.09. The first kappa shape index (κ1) is 22.8. The molecule has 0 aliphatic carbocycles. The molecule has 0 fully saturated rings. The Morgan fingerprint density at radius 1 is 1.22 bits per heavy atom. The molecule has 0 bridgehead atoms. The minimum Gasteiger partial charge on any atom is -0.487 e. The molecule has 10 nitrogen and oxygen atoms in total. The van der Waals surface area contributed by atoms with Crippen LogP contribution in [0.3, 0.4) is 0 Å². The van der Waals surface area contributed by atoms with E-state index in [9.17, 15) is 8.42 Å². The highest BCUT2D eigenvalue weighted by molar-refractivity contribution is 7.90. The Bertz CT molecular complexity index is 1200. The molecule has 32 heavy (non-hydrogen) atoms. The maximum Gasteiger partial charge on any atom is 0.171 e. The molecular weight excluding hydrogens is 479 g/mol. The Morgan fingerprint density at radius 3 is 2.75 bits per heavy atom. The third kappa shape index (κ3) is 5.01. The molecule has 1 atom stereocenters. The van der Waals surface area contributed by atoms with E-state index in [0.29, 0.717) is 47.0 Å². The van der Waals surface area contributed by atoms with Gasteiger partial charge < -0.3 is 14.0 Å². The zero-order valence-corrected chi connectivity index (χ0v) is 19.4. The lowest BCUT2D eigenvalue weighted by Gasteiger charge is -2.19. The van der Waals surface area contributed by atoms with Crippen LogP contribution in [0, 0.1) is 0 Å². The largest absolute Gasteiger partial charge is 0.487 e. The van der Waals surface area contributed by atoms with Crippen molar-refractivity contribution in [1.29, 1.82) is 0 Å². The van der Waals surface area contributed by atoms with Crippen molar-refractivity contribution < 1.29 is 17.9 Å². The molecular formula is C19H20Cl2N6O4S. The molecule has 0 saturated carbocycles. The summed E-state index contributed by atoms with van der Waals surface area (Å²) in [5, 5.41) is 9.04. The zero-order valence-electron chi connectivity index (χ0n) is 17.1. The van der Waals surface area contributed by atoms with Gasteiger partial charge >= 0.3 is 0 Å². The molecule has 4 rings (SSSR count). The summed E-state index contributed by atoms with van der Waals surface area (Å²) in [6, 6.07) is 1.37. The summed E-state index contributed by atoms with van der Waals surface area (Å²) >= 11 is 12.0. The number of nitrogens with zero attached hydrogens (tertiary/aromatic N) is 6. The number of pyridine rings is 1. The molecule has 3 aromatic rings. The molecule has 1 aliphatic heterocycles. The topological polar surface area (TPSA) is 122 Å². The minimum absolute atomic E-state index is 0.143. The lowest BCUT2D eigenvalue weighted by molar-refractivity contribution is 0.0921. The Hall–Kier alpha value is -2.34. The van der Waals surface area contributed by atoms with Gasteiger partial charge in [0.2, 0.25) is 0 Å². The molecule has 0 amide bonds. The first-order valence-corrected chi connectivity index (χ1v) is 12.4. The van der Waals surface area contributed by atoms with Crippen molar-refractivity contribution in [2.45, 2.75) is 25.1 Å². The van der Waals surface area contributed by atoms with Gasteiger partial charge in [0, 0.05) is 31.6 Å². The summed E-state index contributed by atoms with van der Waals surface area (Å²) in [5.41, 5.74) is 0.592. The first-order chi connectivity index (χ1) is 15.4. The van der Waals surface area contributed by atoms with Gasteiger partial charge in [-0.05, 0) is 13.0 Å². The summed E-state index contributed by atoms with van der Waals surface area (Å²) < 4.78 is 39.0. The van der Waals surface area contributed by atoms with Crippen LogP contribution in [0.25, 0.3) is 11.4 Å². The maximum atomic E-state index is 12.9. The third-order valence-electron chi connectivity index (χ3n) is 4.83. The van der Waals surface area contributed by atoms with Crippen LogP contribution < -0.4 is 4.74 Å². The summed E-state index contributed by atoms with van der Waals surface area (Å²) in [6.45, 7) is 2.88. The van der Waals surface area contributed by atoms with E-state index in [1.165, 1.54) is 18.6 Å². The Labute approximate surface area is 194 Å². The van der Waals surface area contributed by atoms with Crippen molar-refractivity contribution in [1.82, 2.24) is 29.7 Å².